The van der Waals surface area contributed by atoms with Crippen LogP contribution in [-0.2, 0) is 5.41 Å². The first-order valence-corrected chi connectivity index (χ1v) is 8.81. The van der Waals surface area contributed by atoms with Crippen LogP contribution in [0.5, 0.6) is 0 Å². The minimum Gasteiger partial charge on any atom is -0.344 e. The Morgan fingerprint density at radius 1 is 0.833 bits per heavy atom. The number of para-hydroxylation sites is 1. The normalized spacial score (nSPS) is 15.5. The molecule has 0 saturated heterocycles. The topological polar surface area (TPSA) is 3.24 Å². The molecule has 0 saturated carbocycles. The molecular formula is C23H25N. The largest absolute Gasteiger partial charge is 0.344 e. The van der Waals surface area contributed by atoms with Crippen molar-refractivity contribution in [3.63, 3.8) is 0 Å². The Kier molecular flexibility index (Phi) is 3.25. The maximum absolute atomic E-state index is 2.40. The Hall–Kier alpha value is -2.28. The zero-order valence-electron chi connectivity index (χ0n) is 15.2. The first-order valence-electron chi connectivity index (χ1n) is 8.81. The molecule has 0 fully saturated rings. The van der Waals surface area contributed by atoms with Crippen molar-refractivity contribution in [2.75, 3.05) is 11.9 Å². The molecule has 1 aliphatic heterocycles. The van der Waals surface area contributed by atoms with E-state index >= 15 is 0 Å². The third-order valence-electron chi connectivity index (χ3n) is 5.60. The van der Waals surface area contributed by atoms with E-state index < -0.39 is 0 Å². The lowest BCUT2D eigenvalue weighted by atomic mass is 9.72. The van der Waals surface area contributed by atoms with Crippen molar-refractivity contribution >= 4 is 22.1 Å². The van der Waals surface area contributed by atoms with E-state index in [4.69, 9.17) is 0 Å². The number of hydrogen-bond acceptors (Lipinski definition) is 1. The van der Waals surface area contributed by atoms with E-state index in [1.165, 1.54) is 38.8 Å². The van der Waals surface area contributed by atoms with Crippen molar-refractivity contribution in [2.45, 2.75) is 39.0 Å². The highest BCUT2D eigenvalue weighted by molar-refractivity contribution is 5.92. The van der Waals surface area contributed by atoms with Crippen molar-refractivity contribution in [3.05, 3.63) is 71.3 Å². The molecule has 0 bridgehead atoms. The second kappa shape index (κ2) is 5.11. The molecule has 0 radical (unpaired) electrons. The quantitative estimate of drug-likeness (QED) is 0.504. The van der Waals surface area contributed by atoms with Crippen molar-refractivity contribution in [1.82, 2.24) is 0 Å². The minimum absolute atomic E-state index is 0.00606. The van der Waals surface area contributed by atoms with E-state index in [0.29, 0.717) is 5.92 Å². The van der Waals surface area contributed by atoms with Gasteiger partial charge < -0.3 is 4.90 Å². The third kappa shape index (κ3) is 2.00. The first-order chi connectivity index (χ1) is 11.4. The molecule has 0 unspecified atom stereocenters. The van der Waals surface area contributed by atoms with Gasteiger partial charge in [0.05, 0.1) is 0 Å². The molecule has 0 aromatic heterocycles. The van der Waals surface area contributed by atoms with Gasteiger partial charge in [0.25, 0.3) is 0 Å². The van der Waals surface area contributed by atoms with Gasteiger partial charge in [0.1, 0.15) is 0 Å². The van der Waals surface area contributed by atoms with Gasteiger partial charge in [-0.3, -0.25) is 0 Å². The van der Waals surface area contributed by atoms with Gasteiger partial charge in [0.15, 0.2) is 0 Å². The SMILES string of the molecule is CC(C)c1cccc2c1N(C)c1cc3ccccc3cc1C2(C)C. The van der Waals surface area contributed by atoms with Crippen LogP contribution in [0, 0.1) is 0 Å². The maximum Gasteiger partial charge on any atom is 0.0484 e. The zero-order valence-corrected chi connectivity index (χ0v) is 15.2. The molecule has 0 spiro atoms. The summed E-state index contributed by atoms with van der Waals surface area (Å²) in [6, 6.07) is 20.2. The molecule has 0 N–H and O–H groups in total. The van der Waals surface area contributed by atoms with Crippen LogP contribution in [0.15, 0.2) is 54.6 Å². The van der Waals surface area contributed by atoms with E-state index in [-0.39, 0.29) is 5.41 Å². The van der Waals surface area contributed by atoms with Crippen LogP contribution >= 0.6 is 0 Å². The summed E-state index contributed by atoms with van der Waals surface area (Å²) < 4.78 is 0. The van der Waals surface area contributed by atoms with Crippen LogP contribution < -0.4 is 4.90 Å². The summed E-state index contributed by atoms with van der Waals surface area (Å²) >= 11 is 0. The van der Waals surface area contributed by atoms with Gasteiger partial charge in [0, 0.05) is 23.8 Å². The van der Waals surface area contributed by atoms with Gasteiger partial charge in [-0.2, -0.15) is 0 Å². The van der Waals surface area contributed by atoms with Crippen LogP contribution in [-0.4, -0.2) is 7.05 Å². The predicted molar refractivity (Wildman–Crippen MR) is 105 cm³/mol. The molecule has 1 nitrogen and oxygen atoms in total. The lowest BCUT2D eigenvalue weighted by Crippen LogP contribution is -2.31. The maximum atomic E-state index is 2.40. The highest BCUT2D eigenvalue weighted by Crippen LogP contribution is 2.51. The zero-order chi connectivity index (χ0) is 17.1. The summed E-state index contributed by atoms with van der Waals surface area (Å²) in [5.74, 6) is 0.514. The predicted octanol–water partition coefficient (Wildman–Crippen LogP) is 6.37. The summed E-state index contributed by atoms with van der Waals surface area (Å²) in [6.07, 6.45) is 0. The fourth-order valence-electron chi connectivity index (χ4n) is 4.18. The Labute approximate surface area is 144 Å². The molecule has 24 heavy (non-hydrogen) atoms. The van der Waals surface area contributed by atoms with Crippen LogP contribution in [0.1, 0.15) is 50.3 Å². The second-order valence-corrected chi connectivity index (χ2v) is 7.80. The molecule has 1 aliphatic rings. The van der Waals surface area contributed by atoms with Gasteiger partial charge in [-0.05, 0) is 45.5 Å². The van der Waals surface area contributed by atoms with Crippen LogP contribution in [0.2, 0.25) is 0 Å². The van der Waals surface area contributed by atoms with E-state index in [0.717, 1.165) is 0 Å². The molecule has 3 aromatic carbocycles. The Balaban J connectivity index is 2.07. The lowest BCUT2D eigenvalue weighted by molar-refractivity contribution is 0.627. The average Bonchev–Trinajstić information content (AvgIpc) is 2.58. The van der Waals surface area contributed by atoms with Gasteiger partial charge in [-0.15, -0.1) is 0 Å². The molecule has 3 aromatic rings. The number of benzene rings is 3. The summed E-state index contributed by atoms with van der Waals surface area (Å²) in [7, 11) is 2.22. The number of nitrogens with zero attached hydrogens (tertiary/aromatic N) is 1. The Bertz CT molecular complexity index is 934. The first kappa shape index (κ1) is 15.3. The van der Waals surface area contributed by atoms with Crippen LogP contribution in [0.25, 0.3) is 10.8 Å². The molecule has 1 heterocycles. The molecule has 0 atom stereocenters. The molecule has 1 heteroatoms. The average molecular weight is 315 g/mol. The van der Waals surface area contributed by atoms with E-state index in [9.17, 15) is 0 Å². The number of hydrogen-bond donors (Lipinski definition) is 0. The number of fused-ring (bicyclic) bond motifs is 3. The highest BCUT2D eigenvalue weighted by Gasteiger charge is 2.36. The van der Waals surface area contributed by atoms with Gasteiger partial charge in [0.2, 0.25) is 0 Å². The summed E-state index contributed by atoms with van der Waals surface area (Å²) in [5, 5.41) is 2.63. The van der Waals surface area contributed by atoms with E-state index in [2.05, 4.69) is 94.2 Å². The summed E-state index contributed by atoms with van der Waals surface area (Å²) in [4.78, 5) is 2.40. The van der Waals surface area contributed by atoms with Crippen LogP contribution in [0.4, 0.5) is 11.4 Å². The van der Waals surface area contributed by atoms with Gasteiger partial charge in [-0.1, -0.05) is 70.2 Å². The molecule has 0 aliphatic carbocycles. The van der Waals surface area contributed by atoms with Crippen molar-refractivity contribution in [1.29, 1.82) is 0 Å². The van der Waals surface area contributed by atoms with Crippen LogP contribution in [0.3, 0.4) is 0 Å². The van der Waals surface area contributed by atoms with Gasteiger partial charge in [-0.25, -0.2) is 0 Å². The number of anilines is 2. The second-order valence-electron chi connectivity index (χ2n) is 7.80. The summed E-state index contributed by atoms with van der Waals surface area (Å²) in [6.45, 7) is 9.28. The molecule has 4 rings (SSSR count). The molecular weight excluding hydrogens is 290 g/mol. The lowest BCUT2D eigenvalue weighted by Gasteiger charge is -2.42. The monoisotopic (exact) mass is 315 g/mol. The smallest absolute Gasteiger partial charge is 0.0484 e. The standard InChI is InChI=1S/C23H25N/c1-15(2)18-11-8-12-19-22(18)24(5)21-14-17-10-7-6-9-16(17)13-20(21)23(19,3)4/h6-15H,1-5H3. The van der Waals surface area contributed by atoms with Crippen molar-refractivity contribution in [2.24, 2.45) is 0 Å². The fourth-order valence-corrected chi connectivity index (χ4v) is 4.18. The molecule has 122 valence electrons. The molecule has 0 amide bonds. The fraction of sp³-hybridized carbons (Fsp3) is 0.304. The van der Waals surface area contributed by atoms with Gasteiger partial charge >= 0.3 is 0 Å². The highest BCUT2D eigenvalue weighted by atomic mass is 15.1. The van der Waals surface area contributed by atoms with E-state index in [1.54, 1.807) is 0 Å². The third-order valence-corrected chi connectivity index (χ3v) is 5.60. The minimum atomic E-state index is 0.00606. The Morgan fingerprint density at radius 3 is 2.17 bits per heavy atom. The van der Waals surface area contributed by atoms with Crippen molar-refractivity contribution in [3.8, 4) is 0 Å². The summed E-state index contributed by atoms with van der Waals surface area (Å²) in [5.41, 5.74) is 7.00. The number of rotatable bonds is 1. The van der Waals surface area contributed by atoms with Crippen molar-refractivity contribution < 1.29 is 0 Å². The van der Waals surface area contributed by atoms with E-state index in [1.807, 2.05) is 0 Å². The Morgan fingerprint density at radius 2 is 1.50 bits per heavy atom.